The Labute approximate surface area is 46.6 Å². The molecule has 0 aromatic carbocycles. The first-order valence-corrected chi connectivity index (χ1v) is 3.06. The molecule has 1 radical (unpaired) electrons. The molecule has 0 aromatic rings. The van der Waals surface area contributed by atoms with Gasteiger partial charge in [0, 0.05) is 17.1 Å². The van der Waals surface area contributed by atoms with Crippen LogP contribution in [0, 0.1) is 0 Å². The van der Waals surface area contributed by atoms with Crippen molar-refractivity contribution in [3.63, 3.8) is 0 Å². The molecule has 0 bridgehead atoms. The van der Waals surface area contributed by atoms with Gasteiger partial charge in [0.1, 0.15) is 0 Å². The Balaban J connectivity index is 0. The second-order valence-electron chi connectivity index (χ2n) is 0.0527. The predicted octanol–water partition coefficient (Wildman–Crippen LogP) is 0.524. The molecule has 0 aliphatic heterocycles. The van der Waals surface area contributed by atoms with E-state index in [2.05, 4.69) is 9.94 Å². The van der Waals surface area contributed by atoms with Gasteiger partial charge in [0.2, 0.25) is 0 Å². The van der Waals surface area contributed by atoms with Crippen molar-refractivity contribution < 1.29 is 36.7 Å². The Kier molecular flexibility index (Phi) is 19.9. The normalized spacial score (nSPS) is 5.00. The van der Waals surface area contributed by atoms with Crippen LogP contribution in [0.2, 0.25) is 0 Å². The first-order valence-electron chi connectivity index (χ1n) is 0.258. The van der Waals surface area contributed by atoms with Crippen LogP contribution in [0.5, 0.6) is 0 Å². The molecule has 0 aliphatic carbocycles. The molecule has 0 saturated carbocycles. The van der Waals surface area contributed by atoms with Gasteiger partial charge in [-0.25, -0.2) is 0 Å². The van der Waals surface area contributed by atoms with E-state index in [0.29, 0.717) is 0 Å². The van der Waals surface area contributed by atoms with Crippen LogP contribution in [0.15, 0.2) is 0 Å². The zero-order chi connectivity index (χ0) is 2.71. The summed E-state index contributed by atoms with van der Waals surface area (Å²) in [6, 6.07) is 0. The zero-order valence-corrected chi connectivity index (χ0v) is 4.75. The van der Waals surface area contributed by atoms with E-state index in [-0.39, 0.29) is 17.1 Å². The van der Waals surface area contributed by atoms with E-state index in [1.54, 1.807) is 0 Å². The van der Waals surface area contributed by atoms with Crippen LogP contribution in [-0.2, 0) is 36.7 Å². The predicted molar refractivity (Wildman–Crippen MR) is 8.28 cm³/mol. The summed E-state index contributed by atoms with van der Waals surface area (Å²) in [6.45, 7) is 0. The average Bonchev–Trinajstić information content (AvgIpc) is 0.918. The molecule has 4 heavy (non-hydrogen) atoms. The molecule has 0 aromatic heterocycles. The van der Waals surface area contributed by atoms with Crippen molar-refractivity contribution in [2.75, 3.05) is 0 Å². The molecule has 33 valence electrons. The standard InChI is InChI=1S/Cu.O.Pd.S. The minimum atomic E-state index is -0.717. The molecule has 0 amide bonds. The Morgan fingerprint density at radius 2 is 1.75 bits per heavy atom. The molecule has 0 heterocycles. The summed E-state index contributed by atoms with van der Waals surface area (Å²) in [6.07, 6.45) is 0. The van der Waals surface area contributed by atoms with Crippen LogP contribution in [0.3, 0.4) is 0 Å². The third-order valence-corrected chi connectivity index (χ3v) is 0. The summed E-state index contributed by atoms with van der Waals surface area (Å²) >= 11 is -0.717. The van der Waals surface area contributed by atoms with Gasteiger partial charge in [-0.05, 0) is 0 Å². The van der Waals surface area contributed by atoms with Crippen molar-refractivity contribution in [2.45, 2.75) is 0 Å². The first kappa shape index (κ1) is 8.96. The van der Waals surface area contributed by atoms with Crippen molar-refractivity contribution in [2.24, 2.45) is 0 Å². The molecule has 0 aliphatic rings. The zero-order valence-electron chi connectivity index (χ0n) is 1.43. The van der Waals surface area contributed by atoms with Crippen LogP contribution in [-0.4, -0.2) is 0 Å². The van der Waals surface area contributed by atoms with Crippen LogP contribution >= 0.6 is 9.94 Å². The van der Waals surface area contributed by atoms with Gasteiger partial charge in [0.15, 0.2) is 0 Å². The summed E-state index contributed by atoms with van der Waals surface area (Å²) in [5, 5.41) is 0. The maximum atomic E-state index is 8.80. The fourth-order valence-electron chi connectivity index (χ4n) is 0. The molecule has 0 atom stereocenters. The minimum absolute atomic E-state index is 0. The average molecular weight is 218 g/mol. The summed E-state index contributed by atoms with van der Waals surface area (Å²) in [5.74, 6) is 0. The Bertz CT molecular complexity index is 29.0. The molecule has 0 unspecified atom stereocenters. The second-order valence-corrected chi connectivity index (χ2v) is 0.935. The van der Waals surface area contributed by atoms with Gasteiger partial charge in [-0.15, -0.1) is 0 Å². The quantitative estimate of drug-likeness (QED) is 0.551. The topological polar surface area (TPSA) is 17.1 Å². The van der Waals surface area contributed by atoms with Crippen molar-refractivity contribution in [3.05, 3.63) is 0 Å². The summed E-state index contributed by atoms with van der Waals surface area (Å²) in [5.41, 5.74) is 0. The molecule has 0 saturated heterocycles. The van der Waals surface area contributed by atoms with Gasteiger partial charge in [0.05, 0.1) is 0 Å². The van der Waals surface area contributed by atoms with Crippen molar-refractivity contribution in [3.8, 4) is 0 Å². The Hall–Kier alpha value is 1.20. The van der Waals surface area contributed by atoms with Crippen LogP contribution in [0.4, 0.5) is 0 Å². The van der Waals surface area contributed by atoms with Crippen LogP contribution in [0.25, 0.3) is 0 Å². The third-order valence-electron chi connectivity index (χ3n) is 0. The van der Waals surface area contributed by atoms with Gasteiger partial charge in [-0.3, -0.25) is 0 Å². The molecule has 1 nitrogen and oxygen atoms in total. The maximum absolute atomic E-state index is 8.80. The van der Waals surface area contributed by atoms with Gasteiger partial charge < -0.3 is 0 Å². The van der Waals surface area contributed by atoms with Crippen molar-refractivity contribution >= 4 is 9.94 Å². The Morgan fingerprint density at radius 3 is 1.75 bits per heavy atom. The molecule has 0 N–H and O–H groups in total. The fourth-order valence-corrected chi connectivity index (χ4v) is 0. The SMILES string of the molecule is [Cu].[O]=[Pd]=[S]. The van der Waals surface area contributed by atoms with Crippen LogP contribution in [0.1, 0.15) is 0 Å². The van der Waals surface area contributed by atoms with E-state index >= 15 is 0 Å². The van der Waals surface area contributed by atoms with E-state index in [4.69, 9.17) is 3.47 Å². The van der Waals surface area contributed by atoms with Crippen molar-refractivity contribution in [1.29, 1.82) is 0 Å². The van der Waals surface area contributed by atoms with Gasteiger partial charge >= 0.3 is 29.6 Å². The summed E-state index contributed by atoms with van der Waals surface area (Å²) in [4.78, 5) is 0. The summed E-state index contributed by atoms with van der Waals surface area (Å²) in [7, 11) is 3.89. The fraction of sp³-hybridized carbons (Fsp3) is 0. The van der Waals surface area contributed by atoms with Crippen molar-refractivity contribution in [1.82, 2.24) is 0 Å². The molecular formula is CuOPdS. The van der Waals surface area contributed by atoms with E-state index in [1.807, 2.05) is 0 Å². The molecular weight excluding hydrogens is 218 g/mol. The number of hydrogen-bond donors (Lipinski definition) is 0. The number of hydrogen-bond acceptors (Lipinski definition) is 2. The number of rotatable bonds is 0. The van der Waals surface area contributed by atoms with E-state index in [9.17, 15) is 0 Å². The third kappa shape index (κ3) is 10.7. The van der Waals surface area contributed by atoms with Gasteiger partial charge in [-0.2, -0.15) is 0 Å². The van der Waals surface area contributed by atoms with E-state index < -0.39 is 16.1 Å². The molecule has 0 rings (SSSR count). The molecule has 0 spiro atoms. The van der Waals surface area contributed by atoms with Gasteiger partial charge in [-0.1, -0.05) is 0 Å². The van der Waals surface area contributed by atoms with E-state index in [1.165, 1.54) is 0 Å². The second kappa shape index (κ2) is 8.89. The molecule has 0 fully saturated rings. The summed E-state index contributed by atoms with van der Waals surface area (Å²) < 4.78 is 8.80. The van der Waals surface area contributed by atoms with Crippen LogP contribution < -0.4 is 0 Å². The Morgan fingerprint density at radius 1 is 1.75 bits per heavy atom. The van der Waals surface area contributed by atoms with E-state index in [0.717, 1.165) is 0 Å². The van der Waals surface area contributed by atoms with Gasteiger partial charge in [0.25, 0.3) is 0 Å². The molecule has 4 heteroatoms. The first-order chi connectivity index (χ1) is 1.41. The monoisotopic (exact) mass is 217 g/mol.